The van der Waals surface area contributed by atoms with E-state index < -0.39 is 6.10 Å². The molecule has 1 aromatic heterocycles. The van der Waals surface area contributed by atoms with Gasteiger partial charge in [-0.05, 0) is 30.2 Å². The number of rotatable bonds is 5. The maximum Gasteiger partial charge on any atom is 0.264 e. The number of amides is 1. The third-order valence-electron chi connectivity index (χ3n) is 3.99. The highest BCUT2D eigenvalue weighted by atomic mass is 16.6. The Morgan fingerprint density at radius 3 is 3.00 bits per heavy atom. The molecule has 1 aromatic carbocycles. The molecule has 0 fully saturated rings. The van der Waals surface area contributed by atoms with E-state index in [0.29, 0.717) is 18.9 Å². The first-order valence-corrected chi connectivity index (χ1v) is 7.72. The van der Waals surface area contributed by atoms with Crippen LogP contribution < -0.4 is 10.1 Å². The number of nitrogens with one attached hydrogen (secondary N) is 2. The van der Waals surface area contributed by atoms with Gasteiger partial charge in [-0.2, -0.15) is 0 Å². The molecule has 1 atom stereocenters. The first-order valence-electron chi connectivity index (χ1n) is 7.72. The number of carbonyl (C=O) groups excluding carboxylic acids is 1. The second-order valence-corrected chi connectivity index (χ2v) is 6.00. The van der Waals surface area contributed by atoms with Crippen molar-refractivity contribution in [2.75, 3.05) is 7.11 Å². The molecule has 1 aliphatic rings. The number of fused-ring (bicyclic) bond motifs is 1. The van der Waals surface area contributed by atoms with Crippen LogP contribution in [0.25, 0.3) is 10.9 Å². The molecule has 0 spiro atoms. The van der Waals surface area contributed by atoms with Gasteiger partial charge in [0.25, 0.3) is 5.91 Å². The van der Waals surface area contributed by atoms with Gasteiger partial charge in [0.2, 0.25) is 6.10 Å². The molecular formula is C17H21N3O3. The second-order valence-electron chi connectivity index (χ2n) is 6.00. The zero-order chi connectivity index (χ0) is 16.4. The van der Waals surface area contributed by atoms with Crippen LogP contribution in [0.3, 0.4) is 0 Å². The summed E-state index contributed by atoms with van der Waals surface area (Å²) in [5.74, 6) is 0.974. The molecule has 0 radical (unpaired) electrons. The molecule has 0 saturated heterocycles. The van der Waals surface area contributed by atoms with Crippen LogP contribution in [0.2, 0.25) is 0 Å². The van der Waals surface area contributed by atoms with Gasteiger partial charge in [-0.25, -0.2) is 0 Å². The van der Waals surface area contributed by atoms with Gasteiger partial charge < -0.3 is 19.9 Å². The Kier molecular flexibility index (Phi) is 4.23. The first kappa shape index (κ1) is 15.4. The van der Waals surface area contributed by atoms with Crippen LogP contribution in [-0.2, 0) is 16.2 Å². The molecule has 1 aliphatic heterocycles. The van der Waals surface area contributed by atoms with E-state index in [1.165, 1.54) is 0 Å². The lowest BCUT2D eigenvalue weighted by Gasteiger charge is -2.09. The highest BCUT2D eigenvalue weighted by Crippen LogP contribution is 2.21. The highest BCUT2D eigenvalue weighted by Gasteiger charge is 2.29. The monoisotopic (exact) mass is 315 g/mol. The van der Waals surface area contributed by atoms with Gasteiger partial charge in [0.1, 0.15) is 5.75 Å². The average molecular weight is 315 g/mol. The topological polar surface area (TPSA) is 75.7 Å². The van der Waals surface area contributed by atoms with Crippen LogP contribution in [-0.4, -0.2) is 29.8 Å². The molecule has 3 rings (SSSR count). The lowest BCUT2D eigenvalue weighted by molar-refractivity contribution is -0.131. The summed E-state index contributed by atoms with van der Waals surface area (Å²) < 4.78 is 5.21. The fourth-order valence-corrected chi connectivity index (χ4v) is 2.57. The number of oxime groups is 1. The van der Waals surface area contributed by atoms with E-state index in [1.807, 2.05) is 38.1 Å². The molecule has 122 valence electrons. The molecule has 1 amide bonds. The Bertz CT molecular complexity index is 749. The van der Waals surface area contributed by atoms with Gasteiger partial charge in [0.05, 0.1) is 19.4 Å². The number of benzene rings is 1. The Labute approximate surface area is 134 Å². The van der Waals surface area contributed by atoms with Crippen molar-refractivity contribution >= 4 is 22.5 Å². The van der Waals surface area contributed by atoms with Crippen LogP contribution in [0, 0.1) is 5.92 Å². The second kappa shape index (κ2) is 6.32. The Balaban J connectivity index is 1.59. The summed E-state index contributed by atoms with van der Waals surface area (Å²) in [5, 5.41) is 7.92. The number of aromatic nitrogens is 1. The molecule has 2 heterocycles. The van der Waals surface area contributed by atoms with Crippen molar-refractivity contribution < 1.29 is 14.4 Å². The summed E-state index contributed by atoms with van der Waals surface area (Å²) >= 11 is 0. The third kappa shape index (κ3) is 3.31. The van der Waals surface area contributed by atoms with E-state index in [-0.39, 0.29) is 5.91 Å². The predicted octanol–water partition coefficient (Wildman–Crippen LogP) is 2.59. The normalized spacial score (nSPS) is 17.2. The summed E-state index contributed by atoms with van der Waals surface area (Å²) in [7, 11) is 1.64. The maximum absolute atomic E-state index is 12.2. The SMILES string of the molecule is COc1ccc2[nH]c(CNC(=O)[C@@H]3CC(C(C)C)=NO3)cc2c1. The van der Waals surface area contributed by atoms with Gasteiger partial charge in [-0.3, -0.25) is 4.79 Å². The largest absolute Gasteiger partial charge is 0.497 e. The van der Waals surface area contributed by atoms with E-state index in [4.69, 9.17) is 9.57 Å². The van der Waals surface area contributed by atoms with Crippen LogP contribution in [0.5, 0.6) is 5.75 Å². The number of ether oxygens (including phenoxy) is 1. The molecule has 0 aliphatic carbocycles. The van der Waals surface area contributed by atoms with Crippen LogP contribution in [0.1, 0.15) is 26.0 Å². The zero-order valence-electron chi connectivity index (χ0n) is 13.6. The number of aromatic amines is 1. The molecule has 6 heteroatoms. The van der Waals surface area contributed by atoms with Gasteiger partial charge in [-0.15, -0.1) is 0 Å². The van der Waals surface area contributed by atoms with Crippen molar-refractivity contribution in [2.45, 2.75) is 32.9 Å². The lowest BCUT2D eigenvalue weighted by Crippen LogP contribution is -2.34. The predicted molar refractivity (Wildman–Crippen MR) is 88.5 cm³/mol. The molecule has 2 N–H and O–H groups in total. The summed E-state index contributed by atoms with van der Waals surface area (Å²) in [5.41, 5.74) is 2.88. The maximum atomic E-state index is 12.2. The summed E-state index contributed by atoms with van der Waals surface area (Å²) in [6.45, 7) is 4.51. The first-order chi connectivity index (χ1) is 11.1. The van der Waals surface area contributed by atoms with Crippen LogP contribution in [0.15, 0.2) is 29.4 Å². The van der Waals surface area contributed by atoms with Crippen molar-refractivity contribution in [2.24, 2.45) is 11.1 Å². The molecule has 23 heavy (non-hydrogen) atoms. The quantitative estimate of drug-likeness (QED) is 0.890. The number of hydrogen-bond acceptors (Lipinski definition) is 4. The summed E-state index contributed by atoms with van der Waals surface area (Å²) in [4.78, 5) is 20.7. The third-order valence-corrected chi connectivity index (χ3v) is 3.99. The van der Waals surface area contributed by atoms with Crippen LogP contribution >= 0.6 is 0 Å². The fraction of sp³-hybridized carbons (Fsp3) is 0.412. The van der Waals surface area contributed by atoms with E-state index in [1.54, 1.807) is 7.11 Å². The molecule has 0 unspecified atom stereocenters. The Morgan fingerprint density at radius 1 is 1.48 bits per heavy atom. The average Bonchev–Trinajstić information content (AvgIpc) is 3.18. The van der Waals surface area contributed by atoms with Gasteiger partial charge in [-0.1, -0.05) is 19.0 Å². The number of hydrogen-bond donors (Lipinski definition) is 2. The zero-order valence-corrected chi connectivity index (χ0v) is 13.6. The van der Waals surface area contributed by atoms with E-state index in [2.05, 4.69) is 15.5 Å². The highest BCUT2D eigenvalue weighted by molar-refractivity contribution is 5.93. The number of nitrogens with zero attached hydrogens (tertiary/aromatic N) is 1. The lowest BCUT2D eigenvalue weighted by atomic mass is 10.0. The summed E-state index contributed by atoms with van der Waals surface area (Å²) in [6, 6.07) is 7.82. The summed E-state index contributed by atoms with van der Waals surface area (Å²) in [6.07, 6.45) is 0.0461. The number of methoxy groups -OCH3 is 1. The minimum Gasteiger partial charge on any atom is -0.497 e. The van der Waals surface area contributed by atoms with Crippen molar-refractivity contribution in [3.05, 3.63) is 30.0 Å². The Morgan fingerprint density at radius 2 is 2.30 bits per heavy atom. The van der Waals surface area contributed by atoms with E-state index in [0.717, 1.165) is 28.1 Å². The molecule has 2 aromatic rings. The van der Waals surface area contributed by atoms with E-state index in [9.17, 15) is 4.79 Å². The van der Waals surface area contributed by atoms with Crippen LogP contribution in [0.4, 0.5) is 0 Å². The van der Waals surface area contributed by atoms with Crippen molar-refractivity contribution in [1.82, 2.24) is 10.3 Å². The van der Waals surface area contributed by atoms with Gasteiger partial charge in [0.15, 0.2) is 0 Å². The minimum atomic E-state index is -0.517. The molecular weight excluding hydrogens is 294 g/mol. The molecule has 0 bridgehead atoms. The molecule has 0 saturated carbocycles. The van der Waals surface area contributed by atoms with Gasteiger partial charge >= 0.3 is 0 Å². The molecule has 6 nitrogen and oxygen atoms in total. The van der Waals surface area contributed by atoms with Gasteiger partial charge in [0, 0.05) is 23.0 Å². The minimum absolute atomic E-state index is 0.138. The van der Waals surface area contributed by atoms with Crippen molar-refractivity contribution in [3.63, 3.8) is 0 Å². The van der Waals surface area contributed by atoms with Crippen molar-refractivity contribution in [1.29, 1.82) is 0 Å². The fourth-order valence-electron chi connectivity index (χ4n) is 2.57. The number of H-pyrrole nitrogens is 1. The van der Waals surface area contributed by atoms with Crippen molar-refractivity contribution in [3.8, 4) is 5.75 Å². The van der Waals surface area contributed by atoms with E-state index >= 15 is 0 Å². The number of carbonyl (C=O) groups is 1. The standard InChI is InChI=1S/C17H21N3O3/c1-10(2)15-8-16(23-20-15)17(21)18-9-12-6-11-7-13(22-3)4-5-14(11)19-12/h4-7,10,16,19H,8-9H2,1-3H3,(H,18,21)/t16-/m0/s1. The smallest absolute Gasteiger partial charge is 0.264 e. The Hall–Kier alpha value is -2.50.